The summed E-state index contributed by atoms with van der Waals surface area (Å²) >= 11 is 0. The third-order valence-electron chi connectivity index (χ3n) is 5.19. The van der Waals surface area contributed by atoms with Crippen LogP contribution < -0.4 is 19.5 Å². The van der Waals surface area contributed by atoms with Crippen LogP contribution in [0.25, 0.3) is 11.1 Å². The Morgan fingerprint density at radius 3 is 2.32 bits per heavy atom. The maximum atomic E-state index is 12.4. The van der Waals surface area contributed by atoms with Crippen molar-refractivity contribution in [2.75, 3.05) is 26.0 Å². The quantitative estimate of drug-likeness (QED) is 0.245. The van der Waals surface area contributed by atoms with Crippen molar-refractivity contribution < 1.29 is 32.9 Å². The zero-order valence-corrected chi connectivity index (χ0v) is 23.0. The van der Waals surface area contributed by atoms with E-state index in [1.165, 1.54) is 12.1 Å². The maximum absolute atomic E-state index is 12.4. The SMILES string of the molecule is CC(C)Oc1cc(-c2ccc(OCCNC[C@H](O)c3cccc(O)c3)cc2)ccc1C(=O)NS(C)(=O)=O.Cl. The number of nitrogens with one attached hydrogen (secondary N) is 2. The van der Waals surface area contributed by atoms with Crippen molar-refractivity contribution in [2.45, 2.75) is 26.1 Å². The largest absolute Gasteiger partial charge is 0.508 e. The number of carbonyl (C=O) groups excluding carboxylic acids is 1. The van der Waals surface area contributed by atoms with E-state index in [1.54, 1.807) is 30.3 Å². The second-order valence-corrected chi connectivity index (χ2v) is 10.5. The van der Waals surface area contributed by atoms with Crippen molar-refractivity contribution in [3.63, 3.8) is 0 Å². The van der Waals surface area contributed by atoms with E-state index in [0.29, 0.717) is 31.0 Å². The van der Waals surface area contributed by atoms with Crippen LogP contribution in [-0.4, -0.2) is 56.6 Å². The van der Waals surface area contributed by atoms with Crippen LogP contribution in [0.15, 0.2) is 66.7 Å². The van der Waals surface area contributed by atoms with Gasteiger partial charge in [0.25, 0.3) is 5.91 Å². The van der Waals surface area contributed by atoms with E-state index in [1.807, 2.05) is 42.8 Å². The third-order valence-corrected chi connectivity index (χ3v) is 5.75. The van der Waals surface area contributed by atoms with E-state index in [2.05, 4.69) is 5.32 Å². The van der Waals surface area contributed by atoms with Gasteiger partial charge >= 0.3 is 0 Å². The Morgan fingerprint density at radius 1 is 1.00 bits per heavy atom. The van der Waals surface area contributed by atoms with Crippen molar-refractivity contribution in [3.05, 3.63) is 77.9 Å². The number of hydrogen-bond donors (Lipinski definition) is 4. The fraction of sp³-hybridized carbons (Fsp3) is 0.296. The summed E-state index contributed by atoms with van der Waals surface area (Å²) in [4.78, 5) is 12.4. The van der Waals surface area contributed by atoms with Crippen LogP contribution in [0.4, 0.5) is 0 Å². The monoisotopic (exact) mass is 564 g/mol. The first-order valence-corrected chi connectivity index (χ1v) is 13.6. The molecule has 0 fully saturated rings. The number of ether oxygens (including phenoxy) is 2. The van der Waals surface area contributed by atoms with Gasteiger partial charge in [-0.25, -0.2) is 13.1 Å². The standard InChI is InChI=1S/C27H32N2O7S.ClH/c1-18(2)36-26-16-20(9-12-24(26)27(32)29-37(3,33)34)19-7-10-23(11-8-19)35-14-13-28-17-25(31)21-5-4-6-22(30)15-21;/h4-12,15-16,18,25,28,30-31H,13-14,17H2,1-3H3,(H,29,32);1H/t25-;/m0./s1. The number of rotatable bonds is 12. The number of aliphatic hydroxyl groups is 1. The van der Waals surface area contributed by atoms with E-state index in [4.69, 9.17) is 9.47 Å². The molecule has 1 atom stereocenters. The molecule has 3 aromatic rings. The highest BCUT2D eigenvalue weighted by atomic mass is 35.5. The van der Waals surface area contributed by atoms with Crippen molar-refractivity contribution in [2.24, 2.45) is 0 Å². The number of halogens is 1. The summed E-state index contributed by atoms with van der Waals surface area (Å²) in [6.07, 6.45) is -0.0345. The Hall–Kier alpha value is -3.31. The molecule has 0 aliphatic carbocycles. The van der Waals surface area contributed by atoms with E-state index in [-0.39, 0.29) is 35.6 Å². The normalized spacial score (nSPS) is 11.9. The highest BCUT2D eigenvalue weighted by Gasteiger charge is 2.18. The predicted octanol–water partition coefficient (Wildman–Crippen LogP) is 3.66. The minimum Gasteiger partial charge on any atom is -0.508 e. The van der Waals surface area contributed by atoms with Crippen LogP contribution in [0, 0.1) is 0 Å². The zero-order chi connectivity index (χ0) is 27.0. The first-order chi connectivity index (χ1) is 17.5. The summed E-state index contributed by atoms with van der Waals surface area (Å²) < 4.78 is 36.4. The molecule has 206 valence electrons. The fourth-order valence-corrected chi connectivity index (χ4v) is 3.98. The van der Waals surface area contributed by atoms with Crippen LogP contribution in [0.2, 0.25) is 0 Å². The predicted molar refractivity (Wildman–Crippen MR) is 149 cm³/mol. The van der Waals surface area contributed by atoms with Gasteiger partial charge in [0.15, 0.2) is 0 Å². The smallest absolute Gasteiger partial charge is 0.268 e. The molecular weight excluding hydrogens is 532 g/mol. The average molecular weight is 565 g/mol. The molecule has 0 saturated carbocycles. The van der Waals surface area contributed by atoms with Crippen LogP contribution in [-0.2, 0) is 10.0 Å². The molecule has 0 aliphatic heterocycles. The molecule has 1 amide bonds. The van der Waals surface area contributed by atoms with Crippen LogP contribution in [0.3, 0.4) is 0 Å². The van der Waals surface area contributed by atoms with Gasteiger partial charge in [0.1, 0.15) is 23.9 Å². The van der Waals surface area contributed by atoms with Gasteiger partial charge in [0.05, 0.1) is 24.0 Å². The van der Waals surface area contributed by atoms with Crippen molar-refractivity contribution >= 4 is 28.3 Å². The summed E-state index contributed by atoms with van der Waals surface area (Å²) in [5.41, 5.74) is 2.42. The molecule has 11 heteroatoms. The number of aromatic hydroxyl groups is 1. The van der Waals surface area contributed by atoms with E-state index in [9.17, 15) is 23.4 Å². The first kappa shape index (κ1) is 30.9. The topological polar surface area (TPSA) is 134 Å². The fourth-order valence-electron chi connectivity index (χ4n) is 3.54. The summed E-state index contributed by atoms with van der Waals surface area (Å²) in [7, 11) is -3.71. The van der Waals surface area contributed by atoms with Gasteiger partial charge in [0, 0.05) is 13.1 Å². The van der Waals surface area contributed by atoms with Crippen LogP contribution >= 0.6 is 12.4 Å². The van der Waals surface area contributed by atoms with Gasteiger partial charge in [-0.15, -0.1) is 12.4 Å². The number of aliphatic hydroxyl groups excluding tert-OH is 1. The lowest BCUT2D eigenvalue weighted by atomic mass is 10.0. The summed E-state index contributed by atoms with van der Waals surface area (Å²) in [6, 6.07) is 18.9. The molecule has 0 heterocycles. The second-order valence-electron chi connectivity index (χ2n) is 8.77. The van der Waals surface area contributed by atoms with Crippen molar-refractivity contribution in [3.8, 4) is 28.4 Å². The molecule has 0 spiro atoms. The number of benzene rings is 3. The molecule has 0 radical (unpaired) electrons. The number of carbonyl (C=O) groups is 1. The minimum atomic E-state index is -3.71. The Morgan fingerprint density at radius 2 is 1.68 bits per heavy atom. The second kappa shape index (κ2) is 14.0. The van der Waals surface area contributed by atoms with E-state index >= 15 is 0 Å². The number of phenols is 1. The molecule has 3 rings (SSSR count). The molecule has 9 nitrogen and oxygen atoms in total. The van der Waals surface area contributed by atoms with Crippen molar-refractivity contribution in [1.29, 1.82) is 0 Å². The maximum Gasteiger partial charge on any atom is 0.268 e. The number of hydrogen-bond acceptors (Lipinski definition) is 8. The Balaban J connectivity index is 0.00000507. The van der Waals surface area contributed by atoms with Crippen molar-refractivity contribution in [1.82, 2.24) is 10.0 Å². The van der Waals surface area contributed by atoms with Crippen LogP contribution in [0.1, 0.15) is 35.9 Å². The first-order valence-electron chi connectivity index (χ1n) is 11.8. The summed E-state index contributed by atoms with van der Waals surface area (Å²) in [6.45, 7) is 4.87. The molecule has 0 aliphatic rings. The average Bonchev–Trinajstić information content (AvgIpc) is 2.82. The number of phenolic OH excluding ortho intramolecular Hbond substituents is 1. The highest BCUT2D eigenvalue weighted by molar-refractivity contribution is 7.89. The molecule has 0 unspecified atom stereocenters. The van der Waals surface area contributed by atoms with Gasteiger partial charge in [-0.05, 0) is 66.9 Å². The molecule has 3 aromatic carbocycles. The number of amides is 1. The molecule has 38 heavy (non-hydrogen) atoms. The zero-order valence-electron chi connectivity index (χ0n) is 21.4. The van der Waals surface area contributed by atoms with E-state index in [0.717, 1.165) is 17.4 Å². The van der Waals surface area contributed by atoms with Gasteiger partial charge in [0.2, 0.25) is 10.0 Å². The highest BCUT2D eigenvalue weighted by Crippen LogP contribution is 2.29. The van der Waals surface area contributed by atoms with Gasteiger partial charge in [-0.3, -0.25) is 4.79 Å². The summed E-state index contributed by atoms with van der Waals surface area (Å²) in [5.74, 6) is 0.312. The Bertz CT molecular complexity index is 1320. The third kappa shape index (κ3) is 9.53. The Labute approximate surface area is 229 Å². The lowest BCUT2D eigenvalue weighted by Gasteiger charge is -2.16. The molecule has 4 N–H and O–H groups in total. The lowest BCUT2D eigenvalue weighted by Crippen LogP contribution is -2.30. The van der Waals surface area contributed by atoms with E-state index < -0.39 is 22.0 Å². The lowest BCUT2D eigenvalue weighted by molar-refractivity contribution is 0.0976. The van der Waals surface area contributed by atoms with Crippen LogP contribution in [0.5, 0.6) is 17.2 Å². The molecule has 0 aromatic heterocycles. The molecule has 0 saturated heterocycles. The Kier molecular flexibility index (Phi) is 11.4. The number of sulfonamides is 1. The summed E-state index contributed by atoms with van der Waals surface area (Å²) in [5, 5.41) is 22.8. The van der Waals surface area contributed by atoms with Gasteiger partial charge in [-0.2, -0.15) is 0 Å². The van der Waals surface area contributed by atoms with Gasteiger partial charge < -0.3 is 25.0 Å². The molecular formula is C27H33ClN2O7S. The van der Waals surface area contributed by atoms with Gasteiger partial charge in [-0.1, -0.05) is 30.3 Å². The minimum absolute atomic E-state index is 0. The molecule has 0 bridgehead atoms.